The zero-order chi connectivity index (χ0) is 16.4. The van der Waals surface area contributed by atoms with E-state index in [2.05, 4.69) is 4.98 Å². The highest BCUT2D eigenvalue weighted by Gasteiger charge is 2.30. The summed E-state index contributed by atoms with van der Waals surface area (Å²) in [6.07, 6.45) is -2.88. The fraction of sp³-hybridized carbons (Fsp3) is 0.0588. The average Bonchev–Trinajstić information content (AvgIpc) is 2.54. The van der Waals surface area contributed by atoms with Gasteiger partial charge >= 0.3 is 12.1 Å². The first-order valence-electron chi connectivity index (χ1n) is 6.68. The van der Waals surface area contributed by atoms with Crippen LogP contribution in [0.2, 0.25) is 0 Å². The van der Waals surface area contributed by atoms with Crippen molar-refractivity contribution in [1.82, 2.24) is 4.98 Å². The molecule has 0 bridgehead atoms. The van der Waals surface area contributed by atoms with Crippen molar-refractivity contribution in [3.8, 4) is 5.75 Å². The second-order valence-electron chi connectivity index (χ2n) is 4.79. The summed E-state index contributed by atoms with van der Waals surface area (Å²) in [5, 5.41) is 0.773. The van der Waals surface area contributed by atoms with Gasteiger partial charge < -0.3 is 4.74 Å². The summed E-state index contributed by atoms with van der Waals surface area (Å²) in [4.78, 5) is 16.4. The number of fused-ring (bicyclic) bond motifs is 1. The topological polar surface area (TPSA) is 39.2 Å². The number of esters is 1. The minimum absolute atomic E-state index is 0.0379. The van der Waals surface area contributed by atoms with Gasteiger partial charge in [-0.05, 0) is 36.4 Å². The third-order valence-corrected chi connectivity index (χ3v) is 3.24. The van der Waals surface area contributed by atoms with Crippen molar-refractivity contribution < 1.29 is 22.7 Å². The molecule has 1 heterocycles. The Hall–Kier alpha value is -2.89. The molecule has 0 spiro atoms. The molecule has 6 heteroatoms. The Morgan fingerprint density at radius 2 is 1.65 bits per heavy atom. The first-order valence-corrected chi connectivity index (χ1v) is 6.68. The highest BCUT2D eigenvalue weighted by atomic mass is 19.4. The van der Waals surface area contributed by atoms with E-state index in [0.29, 0.717) is 5.52 Å². The van der Waals surface area contributed by atoms with Gasteiger partial charge in [-0.1, -0.05) is 18.2 Å². The molecule has 0 aliphatic carbocycles. The van der Waals surface area contributed by atoms with Gasteiger partial charge in [-0.15, -0.1) is 0 Å². The molecule has 2 aromatic carbocycles. The van der Waals surface area contributed by atoms with Crippen LogP contribution in [0.25, 0.3) is 10.9 Å². The number of rotatable bonds is 2. The summed E-state index contributed by atoms with van der Waals surface area (Å²) in [7, 11) is 0. The number of hydrogen-bond donors (Lipinski definition) is 0. The fourth-order valence-electron chi connectivity index (χ4n) is 2.14. The summed E-state index contributed by atoms with van der Waals surface area (Å²) >= 11 is 0. The molecule has 3 aromatic rings. The van der Waals surface area contributed by atoms with Gasteiger partial charge in [0.25, 0.3) is 0 Å². The van der Waals surface area contributed by atoms with Gasteiger partial charge in [0, 0.05) is 11.6 Å². The number of benzene rings is 2. The Bertz CT molecular complexity index is 852. The van der Waals surface area contributed by atoms with Crippen molar-refractivity contribution in [3.05, 3.63) is 71.9 Å². The normalized spacial score (nSPS) is 11.4. The number of nitrogens with zero attached hydrogens (tertiary/aromatic N) is 1. The van der Waals surface area contributed by atoms with Crippen LogP contribution in [0.3, 0.4) is 0 Å². The molecule has 0 saturated carbocycles. The maximum Gasteiger partial charge on any atom is 0.416 e. The molecule has 0 radical (unpaired) electrons. The van der Waals surface area contributed by atoms with E-state index in [-0.39, 0.29) is 11.3 Å². The average molecular weight is 317 g/mol. The van der Waals surface area contributed by atoms with Crippen molar-refractivity contribution in [2.45, 2.75) is 6.18 Å². The van der Waals surface area contributed by atoms with E-state index in [1.54, 1.807) is 36.5 Å². The number of para-hydroxylation sites is 1. The second kappa shape index (κ2) is 5.72. The maximum atomic E-state index is 12.5. The van der Waals surface area contributed by atoms with Crippen LogP contribution >= 0.6 is 0 Å². The minimum atomic E-state index is -4.43. The standard InChI is InChI=1S/C17H10F3NO2/c18-17(19,20)12-6-8-13(9-7-12)23-16(22)14-5-1-3-11-4-2-10-21-15(11)14/h1-10H. The van der Waals surface area contributed by atoms with Crippen LogP contribution in [0.5, 0.6) is 5.75 Å². The predicted octanol–water partition coefficient (Wildman–Crippen LogP) is 4.47. The van der Waals surface area contributed by atoms with E-state index in [9.17, 15) is 18.0 Å². The number of alkyl halides is 3. The molecule has 0 aliphatic heterocycles. The van der Waals surface area contributed by atoms with Crippen LogP contribution in [0, 0.1) is 0 Å². The molecule has 0 aliphatic rings. The molecule has 0 N–H and O–H groups in total. The van der Waals surface area contributed by atoms with Crippen molar-refractivity contribution in [3.63, 3.8) is 0 Å². The van der Waals surface area contributed by atoms with Gasteiger partial charge in [-0.3, -0.25) is 4.98 Å². The van der Waals surface area contributed by atoms with E-state index in [1.807, 2.05) is 0 Å². The van der Waals surface area contributed by atoms with E-state index >= 15 is 0 Å². The van der Waals surface area contributed by atoms with Crippen molar-refractivity contribution in [1.29, 1.82) is 0 Å². The molecule has 0 saturated heterocycles. The summed E-state index contributed by atoms with van der Waals surface area (Å²) in [5.74, 6) is -0.634. The smallest absolute Gasteiger partial charge is 0.416 e. The van der Waals surface area contributed by atoms with Crippen molar-refractivity contribution in [2.75, 3.05) is 0 Å². The fourth-order valence-corrected chi connectivity index (χ4v) is 2.14. The lowest BCUT2D eigenvalue weighted by molar-refractivity contribution is -0.137. The SMILES string of the molecule is O=C(Oc1ccc(C(F)(F)F)cc1)c1cccc2cccnc12. The molecule has 0 unspecified atom stereocenters. The molecule has 3 rings (SSSR count). The highest BCUT2D eigenvalue weighted by molar-refractivity contribution is 6.03. The molecular weight excluding hydrogens is 307 g/mol. The number of pyridine rings is 1. The zero-order valence-corrected chi connectivity index (χ0v) is 11.7. The van der Waals surface area contributed by atoms with E-state index < -0.39 is 17.7 Å². The summed E-state index contributed by atoms with van der Waals surface area (Å²) in [6.45, 7) is 0. The Kier molecular flexibility index (Phi) is 3.73. The van der Waals surface area contributed by atoms with Crippen LogP contribution in [0.1, 0.15) is 15.9 Å². The largest absolute Gasteiger partial charge is 0.423 e. The second-order valence-corrected chi connectivity index (χ2v) is 4.79. The van der Waals surface area contributed by atoms with Crippen LogP contribution in [0.4, 0.5) is 13.2 Å². The van der Waals surface area contributed by atoms with Crippen LogP contribution in [0.15, 0.2) is 60.8 Å². The number of carbonyl (C=O) groups excluding carboxylic acids is 1. The first-order chi connectivity index (χ1) is 10.9. The molecule has 3 nitrogen and oxygen atoms in total. The van der Waals surface area contributed by atoms with Crippen molar-refractivity contribution in [2.24, 2.45) is 0 Å². The number of aromatic nitrogens is 1. The first kappa shape index (κ1) is 15.0. The monoisotopic (exact) mass is 317 g/mol. The number of carbonyl (C=O) groups is 1. The van der Waals surface area contributed by atoms with Crippen molar-refractivity contribution >= 4 is 16.9 Å². The van der Waals surface area contributed by atoms with E-state index in [0.717, 1.165) is 29.7 Å². The van der Waals surface area contributed by atoms with E-state index in [1.165, 1.54) is 0 Å². The lowest BCUT2D eigenvalue weighted by Crippen LogP contribution is -2.10. The Balaban J connectivity index is 1.86. The number of halogens is 3. The zero-order valence-electron chi connectivity index (χ0n) is 11.7. The Labute approximate surface area is 129 Å². The third kappa shape index (κ3) is 3.15. The summed E-state index contributed by atoms with van der Waals surface area (Å²) in [6, 6.07) is 12.5. The summed E-state index contributed by atoms with van der Waals surface area (Å²) < 4.78 is 42.6. The molecule has 0 fully saturated rings. The van der Waals surface area contributed by atoms with E-state index in [4.69, 9.17) is 4.74 Å². The highest BCUT2D eigenvalue weighted by Crippen LogP contribution is 2.30. The molecule has 0 amide bonds. The minimum Gasteiger partial charge on any atom is -0.423 e. The molecular formula is C17H10F3NO2. The molecule has 1 aromatic heterocycles. The van der Waals surface area contributed by atoms with Crippen LogP contribution in [-0.4, -0.2) is 11.0 Å². The summed E-state index contributed by atoms with van der Waals surface area (Å²) in [5.41, 5.74) is -0.0703. The lowest BCUT2D eigenvalue weighted by Gasteiger charge is -2.09. The molecule has 23 heavy (non-hydrogen) atoms. The van der Waals surface area contributed by atoms with Gasteiger partial charge in [-0.2, -0.15) is 13.2 Å². The molecule has 0 atom stereocenters. The third-order valence-electron chi connectivity index (χ3n) is 3.24. The predicted molar refractivity (Wildman–Crippen MR) is 78.1 cm³/mol. The Morgan fingerprint density at radius 3 is 2.35 bits per heavy atom. The number of ether oxygens (including phenoxy) is 1. The molecule has 116 valence electrons. The number of hydrogen-bond acceptors (Lipinski definition) is 3. The lowest BCUT2D eigenvalue weighted by atomic mass is 10.1. The van der Waals surface area contributed by atoms with Gasteiger partial charge in [-0.25, -0.2) is 4.79 Å². The van der Waals surface area contributed by atoms with Gasteiger partial charge in [0.15, 0.2) is 0 Å². The van der Waals surface area contributed by atoms with Crippen LogP contribution < -0.4 is 4.74 Å². The van der Waals surface area contributed by atoms with Gasteiger partial charge in [0.1, 0.15) is 5.75 Å². The van der Waals surface area contributed by atoms with Gasteiger partial charge in [0.2, 0.25) is 0 Å². The quantitative estimate of drug-likeness (QED) is 0.517. The Morgan fingerprint density at radius 1 is 0.957 bits per heavy atom. The van der Waals surface area contributed by atoms with Gasteiger partial charge in [0.05, 0.1) is 16.6 Å². The maximum absolute atomic E-state index is 12.5. The van der Waals surface area contributed by atoms with Crippen LogP contribution in [-0.2, 0) is 6.18 Å².